The van der Waals surface area contributed by atoms with E-state index < -0.39 is 0 Å². The topological polar surface area (TPSA) is 26.0 Å². The highest BCUT2D eigenvalue weighted by Crippen LogP contribution is 2.38. The number of hydrogen-bond acceptors (Lipinski definition) is 1. The monoisotopic (exact) mass is 193 g/mol. The van der Waals surface area contributed by atoms with Crippen molar-refractivity contribution in [1.29, 1.82) is 0 Å². The maximum absolute atomic E-state index is 6.00. The standard InChI is InChI=1S/C13H23N/c1-5-13(14)8-12-7-9(2)6-10(3)11(12)4/h11-13H,2-3,5-8,14H2,1,4H3. The Morgan fingerprint density at radius 3 is 2.71 bits per heavy atom. The SMILES string of the molecule is C=C1CC(=C)C(C)C(CC(N)CC)C1. The Morgan fingerprint density at radius 1 is 1.50 bits per heavy atom. The van der Waals surface area contributed by atoms with Gasteiger partial charge in [-0.25, -0.2) is 0 Å². The average molecular weight is 193 g/mol. The highest BCUT2D eigenvalue weighted by molar-refractivity contribution is 5.18. The zero-order valence-corrected chi connectivity index (χ0v) is 9.55. The molecule has 0 radical (unpaired) electrons. The van der Waals surface area contributed by atoms with E-state index in [0.717, 1.165) is 25.7 Å². The second-order valence-corrected chi connectivity index (χ2v) is 4.74. The van der Waals surface area contributed by atoms with Crippen molar-refractivity contribution in [3.05, 3.63) is 24.3 Å². The summed E-state index contributed by atoms with van der Waals surface area (Å²) in [6, 6.07) is 0.348. The second-order valence-electron chi connectivity index (χ2n) is 4.74. The van der Waals surface area contributed by atoms with E-state index in [1.807, 2.05) is 0 Å². The molecule has 3 unspecified atom stereocenters. The Hall–Kier alpha value is -0.560. The second kappa shape index (κ2) is 4.79. The molecule has 14 heavy (non-hydrogen) atoms. The first-order valence-electron chi connectivity index (χ1n) is 5.64. The van der Waals surface area contributed by atoms with Gasteiger partial charge in [-0.1, -0.05) is 38.2 Å². The fraction of sp³-hybridized carbons (Fsp3) is 0.692. The maximum atomic E-state index is 6.00. The van der Waals surface area contributed by atoms with Crippen LogP contribution in [0, 0.1) is 11.8 Å². The van der Waals surface area contributed by atoms with E-state index >= 15 is 0 Å². The van der Waals surface area contributed by atoms with Crippen LogP contribution in [0.2, 0.25) is 0 Å². The highest BCUT2D eigenvalue weighted by atomic mass is 14.6. The van der Waals surface area contributed by atoms with Gasteiger partial charge in [0.25, 0.3) is 0 Å². The quantitative estimate of drug-likeness (QED) is 0.684. The molecule has 3 atom stereocenters. The van der Waals surface area contributed by atoms with Crippen molar-refractivity contribution >= 4 is 0 Å². The van der Waals surface area contributed by atoms with Crippen LogP contribution in [0.5, 0.6) is 0 Å². The van der Waals surface area contributed by atoms with Crippen LogP contribution in [0.15, 0.2) is 24.3 Å². The van der Waals surface area contributed by atoms with Gasteiger partial charge >= 0.3 is 0 Å². The molecule has 0 aliphatic heterocycles. The molecule has 0 amide bonds. The summed E-state index contributed by atoms with van der Waals surface area (Å²) in [4.78, 5) is 0. The fourth-order valence-electron chi connectivity index (χ4n) is 2.28. The van der Waals surface area contributed by atoms with Gasteiger partial charge in [-0.15, -0.1) is 0 Å². The molecule has 1 aliphatic rings. The molecule has 0 spiro atoms. The Kier molecular flexibility index (Phi) is 3.94. The lowest BCUT2D eigenvalue weighted by Crippen LogP contribution is -2.28. The Bertz CT molecular complexity index is 229. The molecule has 0 heterocycles. The molecular weight excluding hydrogens is 170 g/mol. The third-order valence-electron chi connectivity index (χ3n) is 3.51. The van der Waals surface area contributed by atoms with E-state index in [1.165, 1.54) is 11.1 Å². The van der Waals surface area contributed by atoms with Crippen molar-refractivity contribution in [2.45, 2.75) is 45.6 Å². The predicted molar refractivity (Wildman–Crippen MR) is 63.1 cm³/mol. The van der Waals surface area contributed by atoms with Crippen LogP contribution in [-0.4, -0.2) is 6.04 Å². The van der Waals surface area contributed by atoms with Gasteiger partial charge in [0.15, 0.2) is 0 Å². The molecule has 0 aromatic heterocycles. The Labute approximate surface area is 88.1 Å². The van der Waals surface area contributed by atoms with Crippen LogP contribution in [0.4, 0.5) is 0 Å². The molecule has 0 aromatic carbocycles. The summed E-state index contributed by atoms with van der Waals surface area (Å²) in [6.45, 7) is 12.6. The first-order valence-corrected chi connectivity index (χ1v) is 5.64. The summed E-state index contributed by atoms with van der Waals surface area (Å²) >= 11 is 0. The first kappa shape index (κ1) is 11.5. The van der Waals surface area contributed by atoms with Gasteiger partial charge in [0.1, 0.15) is 0 Å². The summed E-state index contributed by atoms with van der Waals surface area (Å²) < 4.78 is 0. The predicted octanol–water partition coefficient (Wildman–Crippen LogP) is 3.27. The largest absolute Gasteiger partial charge is 0.328 e. The lowest BCUT2D eigenvalue weighted by Gasteiger charge is -2.33. The van der Waals surface area contributed by atoms with Crippen molar-refractivity contribution in [2.75, 3.05) is 0 Å². The molecule has 0 bridgehead atoms. The Balaban J connectivity index is 2.57. The molecule has 1 aliphatic carbocycles. The summed E-state index contributed by atoms with van der Waals surface area (Å²) in [7, 11) is 0. The lowest BCUT2D eigenvalue weighted by molar-refractivity contribution is 0.317. The van der Waals surface area contributed by atoms with E-state index in [4.69, 9.17) is 5.73 Å². The van der Waals surface area contributed by atoms with Gasteiger partial charge in [0, 0.05) is 6.04 Å². The minimum atomic E-state index is 0.348. The van der Waals surface area contributed by atoms with Crippen molar-refractivity contribution < 1.29 is 0 Å². The summed E-state index contributed by atoms with van der Waals surface area (Å²) in [6.07, 6.45) is 4.37. The number of nitrogens with two attached hydrogens (primary N) is 1. The van der Waals surface area contributed by atoms with E-state index in [9.17, 15) is 0 Å². The molecule has 1 heteroatoms. The maximum Gasteiger partial charge on any atom is 0.00391 e. The number of hydrogen-bond donors (Lipinski definition) is 1. The molecular formula is C13H23N. The van der Waals surface area contributed by atoms with Gasteiger partial charge in [0.2, 0.25) is 0 Å². The zero-order valence-electron chi connectivity index (χ0n) is 9.55. The zero-order chi connectivity index (χ0) is 10.7. The number of allylic oxidation sites excluding steroid dienone is 2. The molecule has 1 fully saturated rings. The van der Waals surface area contributed by atoms with Crippen LogP contribution >= 0.6 is 0 Å². The molecule has 1 saturated carbocycles. The average Bonchev–Trinajstić information content (AvgIpc) is 2.13. The minimum absolute atomic E-state index is 0.348. The summed E-state index contributed by atoms with van der Waals surface area (Å²) in [5.74, 6) is 1.30. The molecule has 0 aromatic rings. The minimum Gasteiger partial charge on any atom is -0.328 e. The number of rotatable bonds is 3. The van der Waals surface area contributed by atoms with Gasteiger partial charge in [-0.05, 0) is 37.5 Å². The van der Waals surface area contributed by atoms with Gasteiger partial charge in [-0.3, -0.25) is 0 Å². The molecule has 1 nitrogen and oxygen atoms in total. The van der Waals surface area contributed by atoms with Crippen molar-refractivity contribution in [3.8, 4) is 0 Å². The third kappa shape index (κ3) is 2.71. The van der Waals surface area contributed by atoms with Crippen molar-refractivity contribution in [2.24, 2.45) is 17.6 Å². The fourth-order valence-corrected chi connectivity index (χ4v) is 2.28. The lowest BCUT2D eigenvalue weighted by atomic mass is 9.73. The smallest absolute Gasteiger partial charge is 0.00391 e. The van der Waals surface area contributed by atoms with E-state index in [1.54, 1.807) is 0 Å². The van der Waals surface area contributed by atoms with Crippen LogP contribution in [0.1, 0.15) is 39.5 Å². The molecule has 0 saturated heterocycles. The van der Waals surface area contributed by atoms with Gasteiger partial charge in [-0.2, -0.15) is 0 Å². The van der Waals surface area contributed by atoms with Gasteiger partial charge < -0.3 is 5.73 Å². The molecule has 1 rings (SSSR count). The van der Waals surface area contributed by atoms with E-state index in [0.29, 0.717) is 17.9 Å². The third-order valence-corrected chi connectivity index (χ3v) is 3.51. The van der Waals surface area contributed by atoms with Crippen molar-refractivity contribution in [1.82, 2.24) is 0 Å². The van der Waals surface area contributed by atoms with E-state index in [2.05, 4.69) is 27.0 Å². The normalized spacial score (nSPS) is 30.5. The van der Waals surface area contributed by atoms with Crippen LogP contribution in [-0.2, 0) is 0 Å². The summed E-state index contributed by atoms with van der Waals surface area (Å²) in [5, 5.41) is 0. The Morgan fingerprint density at radius 2 is 2.14 bits per heavy atom. The van der Waals surface area contributed by atoms with Crippen LogP contribution in [0.25, 0.3) is 0 Å². The first-order chi connectivity index (χ1) is 6.54. The highest BCUT2D eigenvalue weighted by Gasteiger charge is 2.26. The summed E-state index contributed by atoms with van der Waals surface area (Å²) in [5.41, 5.74) is 8.67. The van der Waals surface area contributed by atoms with E-state index in [-0.39, 0.29) is 0 Å². The molecule has 2 N–H and O–H groups in total. The van der Waals surface area contributed by atoms with Gasteiger partial charge in [0.05, 0.1) is 0 Å². The van der Waals surface area contributed by atoms with Crippen molar-refractivity contribution in [3.63, 3.8) is 0 Å². The van der Waals surface area contributed by atoms with Crippen LogP contribution in [0.3, 0.4) is 0 Å². The van der Waals surface area contributed by atoms with Crippen LogP contribution < -0.4 is 5.73 Å². The molecule has 80 valence electrons.